The van der Waals surface area contributed by atoms with Crippen LogP contribution in [0.3, 0.4) is 0 Å². The predicted molar refractivity (Wildman–Crippen MR) is 145 cm³/mol. The van der Waals surface area contributed by atoms with E-state index in [2.05, 4.69) is 10.6 Å². The highest BCUT2D eigenvalue weighted by atomic mass is 35.5. The zero-order valence-corrected chi connectivity index (χ0v) is 22.9. The monoisotopic (exact) mass is 578 g/mol. The molecule has 2 amide bonds. The van der Waals surface area contributed by atoms with E-state index in [0.717, 1.165) is 38.5 Å². The highest BCUT2D eigenvalue weighted by Gasteiger charge is 2.42. The summed E-state index contributed by atoms with van der Waals surface area (Å²) in [6.07, 6.45) is 3.79. The van der Waals surface area contributed by atoms with Crippen LogP contribution in [0.2, 0.25) is 10.0 Å². The van der Waals surface area contributed by atoms with Gasteiger partial charge in [0.2, 0.25) is 0 Å². The standard InChI is InChI=1S/C28H32Cl2N2O7/c29-21-8-5-9-22(30)20(21)15-37-19-12-10-17(11-13-19)14-23(28(35)36)32-27(34)25-24(38-16-39-25)26(33)31-18-6-3-1-2-4-7-18/h5,8-13,18,23-25H,1-4,6-7,14-16H2,(H,31,33)(H,32,34)(H,35,36)/t23-,24+,25+/m0/s1. The van der Waals surface area contributed by atoms with E-state index < -0.39 is 36.0 Å². The summed E-state index contributed by atoms with van der Waals surface area (Å²) in [5.74, 6) is -1.79. The summed E-state index contributed by atoms with van der Waals surface area (Å²) >= 11 is 12.4. The van der Waals surface area contributed by atoms with Gasteiger partial charge in [0.25, 0.3) is 11.8 Å². The first kappa shape index (κ1) is 29.1. The number of rotatable bonds is 10. The molecular formula is C28H32Cl2N2O7. The number of nitrogens with one attached hydrogen (secondary N) is 2. The molecule has 1 heterocycles. The molecule has 0 aromatic heterocycles. The maximum absolute atomic E-state index is 12.9. The lowest BCUT2D eigenvalue weighted by molar-refractivity contribution is -0.144. The Bertz CT molecular complexity index is 1130. The Morgan fingerprint density at radius 2 is 1.54 bits per heavy atom. The van der Waals surface area contributed by atoms with E-state index in [1.807, 2.05) is 0 Å². The van der Waals surface area contributed by atoms with Crippen molar-refractivity contribution in [3.8, 4) is 5.75 Å². The van der Waals surface area contributed by atoms with Crippen molar-refractivity contribution in [1.82, 2.24) is 10.6 Å². The van der Waals surface area contributed by atoms with Crippen LogP contribution in [0.5, 0.6) is 5.75 Å². The lowest BCUT2D eigenvalue weighted by atomic mass is 10.0. The van der Waals surface area contributed by atoms with Gasteiger partial charge in [-0.15, -0.1) is 0 Å². The van der Waals surface area contributed by atoms with E-state index >= 15 is 0 Å². The molecule has 11 heteroatoms. The molecule has 0 radical (unpaired) electrons. The first-order chi connectivity index (χ1) is 18.8. The van der Waals surface area contributed by atoms with Crippen molar-refractivity contribution >= 4 is 41.0 Å². The molecule has 210 valence electrons. The number of carboxylic acids is 1. The van der Waals surface area contributed by atoms with Gasteiger partial charge in [0, 0.05) is 28.1 Å². The molecule has 39 heavy (non-hydrogen) atoms. The van der Waals surface area contributed by atoms with Crippen LogP contribution in [0.1, 0.15) is 49.7 Å². The fourth-order valence-corrected chi connectivity index (χ4v) is 5.24. The Balaban J connectivity index is 1.32. The highest BCUT2D eigenvalue weighted by molar-refractivity contribution is 6.35. The van der Waals surface area contributed by atoms with Crippen LogP contribution in [-0.4, -0.2) is 54.0 Å². The summed E-state index contributed by atoms with van der Waals surface area (Å²) in [5.41, 5.74) is 1.33. The van der Waals surface area contributed by atoms with Gasteiger partial charge in [0.1, 0.15) is 25.2 Å². The van der Waals surface area contributed by atoms with E-state index in [1.54, 1.807) is 42.5 Å². The fraction of sp³-hybridized carbons (Fsp3) is 0.464. The van der Waals surface area contributed by atoms with Crippen molar-refractivity contribution in [3.05, 3.63) is 63.6 Å². The van der Waals surface area contributed by atoms with E-state index in [4.69, 9.17) is 37.4 Å². The van der Waals surface area contributed by atoms with Crippen LogP contribution in [-0.2, 0) is 36.9 Å². The topological polar surface area (TPSA) is 123 Å². The summed E-state index contributed by atoms with van der Waals surface area (Å²) in [6.45, 7) is -0.0515. The number of hydrogen-bond donors (Lipinski definition) is 3. The quantitative estimate of drug-likeness (QED) is 0.360. The van der Waals surface area contributed by atoms with Crippen LogP contribution >= 0.6 is 23.2 Å². The predicted octanol–water partition coefficient (Wildman–Crippen LogP) is 4.26. The average molecular weight is 579 g/mol. The molecule has 3 atom stereocenters. The number of aliphatic carboxylic acids is 1. The molecule has 4 rings (SSSR count). The van der Waals surface area contributed by atoms with Gasteiger partial charge in [-0.2, -0.15) is 0 Å². The summed E-state index contributed by atoms with van der Waals surface area (Å²) in [5, 5.41) is 16.2. The first-order valence-corrected chi connectivity index (χ1v) is 13.8. The van der Waals surface area contributed by atoms with Gasteiger partial charge in [-0.3, -0.25) is 9.59 Å². The van der Waals surface area contributed by atoms with Gasteiger partial charge in [-0.1, -0.05) is 67.1 Å². The summed E-state index contributed by atoms with van der Waals surface area (Å²) < 4.78 is 16.5. The minimum atomic E-state index is -1.24. The number of carbonyl (C=O) groups is 3. The molecule has 1 aliphatic heterocycles. The number of hydrogen-bond acceptors (Lipinski definition) is 6. The minimum Gasteiger partial charge on any atom is -0.489 e. The van der Waals surface area contributed by atoms with Crippen molar-refractivity contribution in [3.63, 3.8) is 0 Å². The molecule has 1 saturated heterocycles. The van der Waals surface area contributed by atoms with E-state index in [9.17, 15) is 19.5 Å². The van der Waals surface area contributed by atoms with Crippen molar-refractivity contribution in [2.75, 3.05) is 6.79 Å². The Hall–Kier alpha value is -2.85. The highest BCUT2D eigenvalue weighted by Crippen LogP contribution is 2.26. The van der Waals surface area contributed by atoms with Gasteiger partial charge in [0.15, 0.2) is 12.2 Å². The zero-order valence-electron chi connectivity index (χ0n) is 21.4. The average Bonchev–Trinajstić information content (AvgIpc) is 3.27. The molecule has 2 aliphatic rings. The van der Waals surface area contributed by atoms with E-state index in [-0.39, 0.29) is 25.9 Å². The maximum atomic E-state index is 12.9. The summed E-state index contributed by atoms with van der Waals surface area (Å²) in [6, 6.07) is 10.8. The van der Waals surface area contributed by atoms with E-state index in [1.165, 1.54) is 0 Å². The van der Waals surface area contributed by atoms with Crippen LogP contribution in [0.15, 0.2) is 42.5 Å². The van der Waals surface area contributed by atoms with Gasteiger partial charge in [-0.05, 0) is 42.7 Å². The Kier molecular flexibility index (Phi) is 10.4. The number of benzene rings is 2. The lowest BCUT2D eigenvalue weighted by Gasteiger charge is -2.22. The first-order valence-electron chi connectivity index (χ1n) is 13.0. The number of halogens is 2. The smallest absolute Gasteiger partial charge is 0.326 e. The SMILES string of the molecule is O=C(O)[C@H](Cc1ccc(OCc2c(Cl)cccc2Cl)cc1)NC(=O)[C@@H]1OCO[C@H]1C(=O)NC1CCCCCC1. The van der Waals surface area contributed by atoms with Gasteiger partial charge >= 0.3 is 5.97 Å². The van der Waals surface area contributed by atoms with Crippen molar-refractivity contribution < 1.29 is 33.7 Å². The van der Waals surface area contributed by atoms with Crippen LogP contribution < -0.4 is 15.4 Å². The molecule has 1 saturated carbocycles. The van der Waals surface area contributed by atoms with Crippen LogP contribution in [0, 0.1) is 0 Å². The fourth-order valence-electron chi connectivity index (χ4n) is 4.73. The molecule has 2 aromatic carbocycles. The molecule has 2 fully saturated rings. The normalized spacial score (nSPS) is 20.6. The molecule has 9 nitrogen and oxygen atoms in total. The number of amides is 2. The molecule has 2 aromatic rings. The van der Waals surface area contributed by atoms with E-state index in [0.29, 0.717) is 26.9 Å². The van der Waals surface area contributed by atoms with Crippen molar-refractivity contribution in [2.45, 2.75) is 75.8 Å². The molecule has 3 N–H and O–H groups in total. The minimum absolute atomic E-state index is 0.0181. The zero-order chi connectivity index (χ0) is 27.8. The number of carbonyl (C=O) groups excluding carboxylic acids is 2. The Labute approximate surface area is 237 Å². The van der Waals surface area contributed by atoms with Crippen molar-refractivity contribution in [1.29, 1.82) is 0 Å². The van der Waals surface area contributed by atoms with Gasteiger partial charge in [-0.25, -0.2) is 4.79 Å². The molecule has 0 unspecified atom stereocenters. The van der Waals surface area contributed by atoms with Crippen molar-refractivity contribution in [2.24, 2.45) is 0 Å². The van der Waals surface area contributed by atoms with Crippen LogP contribution in [0.4, 0.5) is 0 Å². The Morgan fingerprint density at radius 1 is 0.923 bits per heavy atom. The van der Waals surface area contributed by atoms with Crippen LogP contribution in [0.25, 0.3) is 0 Å². The summed E-state index contributed by atoms with van der Waals surface area (Å²) in [4.78, 5) is 37.7. The molecule has 0 spiro atoms. The molecule has 1 aliphatic carbocycles. The second-order valence-corrected chi connectivity index (χ2v) is 10.5. The number of carboxylic acid groups (broad SMARTS) is 1. The lowest BCUT2D eigenvalue weighted by Crippen LogP contribution is -2.53. The maximum Gasteiger partial charge on any atom is 0.326 e. The van der Waals surface area contributed by atoms with Gasteiger partial charge < -0.3 is 30.0 Å². The second kappa shape index (κ2) is 14.0. The molecule has 0 bridgehead atoms. The third-order valence-corrected chi connectivity index (χ3v) is 7.62. The van der Waals surface area contributed by atoms with Gasteiger partial charge in [0.05, 0.1) is 0 Å². The third kappa shape index (κ3) is 8.08. The Morgan fingerprint density at radius 3 is 2.15 bits per heavy atom. The third-order valence-electron chi connectivity index (χ3n) is 6.91. The summed E-state index contributed by atoms with van der Waals surface area (Å²) in [7, 11) is 0. The number of ether oxygens (including phenoxy) is 3. The molecular weight excluding hydrogens is 547 g/mol. The second-order valence-electron chi connectivity index (χ2n) is 9.73. The largest absolute Gasteiger partial charge is 0.489 e.